The number of hydrogen-bond donors (Lipinski definition) is 1. The van der Waals surface area contributed by atoms with Gasteiger partial charge < -0.3 is 19.4 Å². The van der Waals surface area contributed by atoms with Crippen LogP contribution >= 0.6 is 0 Å². The van der Waals surface area contributed by atoms with Crippen LogP contribution in [0.5, 0.6) is 5.75 Å². The highest BCUT2D eigenvalue weighted by molar-refractivity contribution is 5.77. The van der Waals surface area contributed by atoms with Crippen molar-refractivity contribution in [3.63, 3.8) is 0 Å². The predicted octanol–water partition coefficient (Wildman–Crippen LogP) is 1.89. The van der Waals surface area contributed by atoms with Crippen molar-refractivity contribution in [2.24, 2.45) is 7.05 Å². The van der Waals surface area contributed by atoms with Gasteiger partial charge in [0.25, 0.3) is 0 Å². The van der Waals surface area contributed by atoms with Crippen LogP contribution in [-0.4, -0.2) is 42.5 Å². The maximum Gasteiger partial charge on any atom is 0.121 e. The van der Waals surface area contributed by atoms with E-state index in [4.69, 9.17) is 14.5 Å². The molecule has 5 heteroatoms. The number of piperidine rings is 1. The molecule has 0 amide bonds. The van der Waals surface area contributed by atoms with E-state index in [0.29, 0.717) is 6.10 Å². The Morgan fingerprint density at radius 3 is 2.90 bits per heavy atom. The zero-order valence-corrected chi connectivity index (χ0v) is 12.8. The normalized spacial score (nSPS) is 16.5. The Labute approximate surface area is 125 Å². The molecule has 3 rings (SSSR count). The molecule has 1 aliphatic rings. The van der Waals surface area contributed by atoms with E-state index in [9.17, 15) is 0 Å². The maximum atomic E-state index is 5.96. The van der Waals surface area contributed by atoms with Crippen molar-refractivity contribution >= 4 is 11.0 Å². The molecule has 0 radical (unpaired) electrons. The Bertz CT molecular complexity index is 603. The highest BCUT2D eigenvalue weighted by Gasteiger charge is 2.14. The fraction of sp³-hybridized carbons (Fsp3) is 0.562. The van der Waals surface area contributed by atoms with Crippen LogP contribution in [0.4, 0.5) is 0 Å². The highest BCUT2D eigenvalue weighted by Crippen LogP contribution is 2.21. The summed E-state index contributed by atoms with van der Waals surface area (Å²) in [5.41, 5.74) is 2.11. The molecule has 114 valence electrons. The minimum atomic E-state index is 0.404. The second-order valence-electron chi connectivity index (χ2n) is 5.51. The third kappa shape index (κ3) is 3.19. The van der Waals surface area contributed by atoms with Gasteiger partial charge in [0.2, 0.25) is 0 Å². The van der Waals surface area contributed by atoms with Crippen LogP contribution in [0.3, 0.4) is 0 Å². The van der Waals surface area contributed by atoms with Gasteiger partial charge in [0.15, 0.2) is 0 Å². The topological polar surface area (TPSA) is 48.3 Å². The van der Waals surface area contributed by atoms with Crippen molar-refractivity contribution in [3.8, 4) is 5.75 Å². The molecule has 1 saturated heterocycles. The third-order valence-electron chi connectivity index (χ3n) is 4.15. The molecular weight excluding hydrogens is 266 g/mol. The monoisotopic (exact) mass is 289 g/mol. The van der Waals surface area contributed by atoms with Gasteiger partial charge in [-0.1, -0.05) is 0 Å². The van der Waals surface area contributed by atoms with Crippen molar-refractivity contribution in [3.05, 3.63) is 24.0 Å². The van der Waals surface area contributed by atoms with E-state index in [2.05, 4.69) is 23.0 Å². The average Bonchev–Trinajstić information content (AvgIpc) is 2.84. The average molecular weight is 289 g/mol. The number of aromatic nitrogens is 2. The smallest absolute Gasteiger partial charge is 0.121 e. The lowest BCUT2D eigenvalue weighted by molar-refractivity contribution is 0.0340. The molecule has 2 aromatic rings. The van der Waals surface area contributed by atoms with E-state index in [-0.39, 0.29) is 0 Å². The first-order valence-electron chi connectivity index (χ1n) is 7.59. The number of aryl methyl sites for hydroxylation is 1. The van der Waals surface area contributed by atoms with E-state index in [1.54, 1.807) is 7.11 Å². The van der Waals surface area contributed by atoms with Gasteiger partial charge in [-0.05, 0) is 38.1 Å². The highest BCUT2D eigenvalue weighted by atomic mass is 16.5. The van der Waals surface area contributed by atoms with E-state index < -0.39 is 0 Å². The summed E-state index contributed by atoms with van der Waals surface area (Å²) in [5, 5.41) is 3.35. The largest absolute Gasteiger partial charge is 0.497 e. The number of hydrogen-bond acceptors (Lipinski definition) is 4. The van der Waals surface area contributed by atoms with E-state index in [1.165, 1.54) is 0 Å². The zero-order valence-electron chi connectivity index (χ0n) is 12.8. The van der Waals surface area contributed by atoms with E-state index >= 15 is 0 Å². The quantitative estimate of drug-likeness (QED) is 0.913. The molecule has 1 aliphatic heterocycles. The van der Waals surface area contributed by atoms with Gasteiger partial charge in [-0.3, -0.25) is 0 Å². The molecule has 5 nitrogen and oxygen atoms in total. The number of ether oxygens (including phenoxy) is 2. The SMILES string of the molecule is COc1ccc2c(c1)nc(CCOC1CCNCC1)n2C. The van der Waals surface area contributed by atoms with Crippen LogP contribution in [0.15, 0.2) is 18.2 Å². The number of benzene rings is 1. The first-order valence-corrected chi connectivity index (χ1v) is 7.59. The van der Waals surface area contributed by atoms with Crippen LogP contribution in [0.1, 0.15) is 18.7 Å². The molecule has 0 aliphatic carbocycles. The molecule has 0 unspecified atom stereocenters. The van der Waals surface area contributed by atoms with E-state index in [0.717, 1.165) is 61.6 Å². The Hall–Kier alpha value is -1.59. The lowest BCUT2D eigenvalue weighted by Gasteiger charge is -2.22. The minimum Gasteiger partial charge on any atom is -0.497 e. The van der Waals surface area contributed by atoms with Gasteiger partial charge in [-0.25, -0.2) is 4.98 Å². The van der Waals surface area contributed by atoms with Crippen molar-refractivity contribution in [2.75, 3.05) is 26.8 Å². The first kappa shape index (κ1) is 14.4. The number of rotatable bonds is 5. The third-order valence-corrected chi connectivity index (χ3v) is 4.15. The number of imidazole rings is 1. The minimum absolute atomic E-state index is 0.404. The van der Waals surface area contributed by atoms with Crippen molar-refractivity contribution in [2.45, 2.75) is 25.4 Å². The van der Waals surface area contributed by atoms with Crippen LogP contribution in [0, 0.1) is 0 Å². The van der Waals surface area contributed by atoms with Gasteiger partial charge in [0, 0.05) is 19.5 Å². The first-order chi connectivity index (χ1) is 10.3. The Kier molecular flexibility index (Phi) is 4.41. The molecule has 2 heterocycles. The Morgan fingerprint density at radius 2 is 2.14 bits per heavy atom. The summed E-state index contributed by atoms with van der Waals surface area (Å²) in [6, 6.07) is 6.00. The van der Waals surface area contributed by atoms with Gasteiger partial charge >= 0.3 is 0 Å². The number of fused-ring (bicyclic) bond motifs is 1. The lowest BCUT2D eigenvalue weighted by Crippen LogP contribution is -2.32. The molecule has 1 aromatic heterocycles. The lowest BCUT2D eigenvalue weighted by atomic mass is 10.1. The summed E-state index contributed by atoms with van der Waals surface area (Å²) >= 11 is 0. The zero-order chi connectivity index (χ0) is 14.7. The van der Waals surface area contributed by atoms with Gasteiger partial charge in [0.1, 0.15) is 11.6 Å². The molecule has 21 heavy (non-hydrogen) atoms. The second kappa shape index (κ2) is 6.45. The fourth-order valence-electron chi connectivity index (χ4n) is 2.86. The maximum absolute atomic E-state index is 5.96. The van der Waals surface area contributed by atoms with Crippen LogP contribution in [-0.2, 0) is 18.2 Å². The summed E-state index contributed by atoms with van der Waals surface area (Å²) in [6.45, 7) is 2.87. The van der Waals surface area contributed by atoms with Gasteiger partial charge in [-0.2, -0.15) is 0 Å². The van der Waals surface area contributed by atoms with Gasteiger partial charge in [0.05, 0.1) is 30.9 Å². The summed E-state index contributed by atoms with van der Waals surface area (Å²) in [6.07, 6.45) is 3.47. The van der Waals surface area contributed by atoms with E-state index in [1.807, 2.05) is 12.1 Å². The molecule has 1 fully saturated rings. The van der Waals surface area contributed by atoms with Crippen molar-refractivity contribution in [1.82, 2.24) is 14.9 Å². The predicted molar refractivity (Wildman–Crippen MR) is 82.8 cm³/mol. The Balaban J connectivity index is 1.64. The molecule has 0 saturated carbocycles. The molecule has 0 spiro atoms. The summed E-state index contributed by atoms with van der Waals surface area (Å²) < 4.78 is 13.4. The summed E-state index contributed by atoms with van der Waals surface area (Å²) in [7, 11) is 3.74. The van der Waals surface area contributed by atoms with Crippen molar-refractivity contribution < 1.29 is 9.47 Å². The van der Waals surface area contributed by atoms with Crippen LogP contribution < -0.4 is 10.1 Å². The molecular formula is C16H23N3O2. The number of nitrogens with zero attached hydrogens (tertiary/aromatic N) is 2. The van der Waals surface area contributed by atoms with Gasteiger partial charge in [-0.15, -0.1) is 0 Å². The standard InChI is InChI=1S/C16H23N3O2/c1-19-15-4-3-13(20-2)11-14(15)18-16(19)7-10-21-12-5-8-17-9-6-12/h3-4,11-12,17H,5-10H2,1-2H3. The summed E-state index contributed by atoms with van der Waals surface area (Å²) in [5.74, 6) is 1.91. The van der Waals surface area contributed by atoms with Crippen LogP contribution in [0.2, 0.25) is 0 Å². The molecule has 0 atom stereocenters. The van der Waals surface area contributed by atoms with Crippen molar-refractivity contribution in [1.29, 1.82) is 0 Å². The number of methoxy groups -OCH3 is 1. The Morgan fingerprint density at radius 1 is 1.33 bits per heavy atom. The second-order valence-corrected chi connectivity index (χ2v) is 5.51. The molecule has 1 aromatic carbocycles. The summed E-state index contributed by atoms with van der Waals surface area (Å²) in [4.78, 5) is 4.69. The molecule has 1 N–H and O–H groups in total. The fourth-order valence-corrected chi connectivity index (χ4v) is 2.86. The van der Waals surface area contributed by atoms with Crippen LogP contribution in [0.25, 0.3) is 11.0 Å². The molecule has 0 bridgehead atoms. The number of nitrogens with one attached hydrogen (secondary N) is 1.